The minimum atomic E-state index is -0.487. The lowest BCUT2D eigenvalue weighted by molar-refractivity contribution is -0.143. The second-order valence-electron chi connectivity index (χ2n) is 9.47. The molecule has 206 valence electrons. The number of benzene rings is 4. The van der Waals surface area contributed by atoms with Crippen molar-refractivity contribution < 1.29 is 28.6 Å². The van der Waals surface area contributed by atoms with Crippen molar-refractivity contribution in [3.63, 3.8) is 0 Å². The predicted octanol–water partition coefficient (Wildman–Crippen LogP) is 7.50. The van der Waals surface area contributed by atoms with E-state index in [1.54, 1.807) is 50.2 Å². The van der Waals surface area contributed by atoms with Crippen LogP contribution in [0.1, 0.15) is 34.6 Å². The first-order valence-electron chi connectivity index (χ1n) is 13.0. The molecule has 0 heterocycles. The van der Waals surface area contributed by atoms with Crippen molar-refractivity contribution in [1.29, 1.82) is 0 Å². The molecular formula is C35H30O6. The van der Waals surface area contributed by atoms with E-state index in [0.717, 1.165) is 28.3 Å². The number of carbonyl (C=O) groups is 3. The summed E-state index contributed by atoms with van der Waals surface area (Å²) in [5.74, 6) is 0.0597. The molecule has 1 atom stereocenters. The standard InChI is InChI=1S/C35H30O6/c1-5-33(36)40-24(4)22-39-31-18-14-27(15-19-31)26-8-12-30(13-9-26)35(38)41-32-20-16-28(17-21-32)25-6-10-29(11-7-25)34(37)23(2)3/h5-21,24H,1-2,22H2,3-4H3. The summed E-state index contributed by atoms with van der Waals surface area (Å²) in [6.45, 7) is 10.7. The van der Waals surface area contributed by atoms with Crippen molar-refractivity contribution in [2.75, 3.05) is 6.61 Å². The fourth-order valence-corrected chi connectivity index (χ4v) is 3.98. The van der Waals surface area contributed by atoms with Gasteiger partial charge in [0.25, 0.3) is 0 Å². The van der Waals surface area contributed by atoms with Crippen LogP contribution in [0.5, 0.6) is 11.5 Å². The lowest BCUT2D eigenvalue weighted by Crippen LogP contribution is -2.20. The molecule has 0 saturated heterocycles. The second kappa shape index (κ2) is 13.2. The van der Waals surface area contributed by atoms with Crippen molar-refractivity contribution in [3.05, 3.63) is 133 Å². The molecule has 0 radical (unpaired) electrons. The van der Waals surface area contributed by atoms with Crippen molar-refractivity contribution in [2.24, 2.45) is 0 Å². The van der Waals surface area contributed by atoms with Crippen molar-refractivity contribution in [3.8, 4) is 33.8 Å². The average molecular weight is 547 g/mol. The number of hydrogen-bond donors (Lipinski definition) is 0. The van der Waals surface area contributed by atoms with Gasteiger partial charge in [-0.05, 0) is 78.1 Å². The van der Waals surface area contributed by atoms with Crippen molar-refractivity contribution in [1.82, 2.24) is 0 Å². The Labute approximate surface area is 239 Å². The highest BCUT2D eigenvalue weighted by atomic mass is 16.6. The normalized spacial score (nSPS) is 11.2. The maximum Gasteiger partial charge on any atom is 0.343 e. The number of rotatable bonds is 11. The van der Waals surface area contributed by atoms with E-state index in [1.807, 2.05) is 60.7 Å². The van der Waals surface area contributed by atoms with E-state index < -0.39 is 18.0 Å². The van der Waals surface area contributed by atoms with E-state index in [-0.39, 0.29) is 12.4 Å². The Hall–Kier alpha value is -5.23. The van der Waals surface area contributed by atoms with E-state index in [9.17, 15) is 14.4 Å². The number of hydrogen-bond acceptors (Lipinski definition) is 6. The lowest BCUT2D eigenvalue weighted by Gasteiger charge is -2.13. The molecule has 1 unspecified atom stereocenters. The maximum atomic E-state index is 12.7. The minimum Gasteiger partial charge on any atom is -0.490 e. The highest BCUT2D eigenvalue weighted by Crippen LogP contribution is 2.26. The number of ether oxygens (including phenoxy) is 3. The molecule has 41 heavy (non-hydrogen) atoms. The van der Waals surface area contributed by atoms with Crippen LogP contribution in [0.2, 0.25) is 0 Å². The van der Waals surface area contributed by atoms with Gasteiger partial charge in [-0.1, -0.05) is 73.8 Å². The molecule has 0 aromatic heterocycles. The van der Waals surface area contributed by atoms with Crippen LogP contribution in [-0.4, -0.2) is 30.4 Å². The van der Waals surface area contributed by atoms with Gasteiger partial charge in [0.15, 0.2) is 5.78 Å². The van der Waals surface area contributed by atoms with E-state index in [4.69, 9.17) is 14.2 Å². The number of allylic oxidation sites excluding steroid dienone is 1. The first-order chi connectivity index (χ1) is 19.7. The molecule has 6 nitrogen and oxygen atoms in total. The quantitative estimate of drug-likeness (QED) is 0.0839. The number of ketones is 1. The van der Waals surface area contributed by atoms with Crippen LogP contribution in [0.3, 0.4) is 0 Å². The SMILES string of the molecule is C=CC(=O)OC(C)COc1ccc(-c2ccc(C(=O)Oc3ccc(-c4ccc(C(=O)C(=C)C)cc4)cc3)cc2)cc1. The van der Waals surface area contributed by atoms with Gasteiger partial charge in [0, 0.05) is 11.6 Å². The van der Waals surface area contributed by atoms with Crippen molar-refractivity contribution in [2.45, 2.75) is 20.0 Å². The zero-order chi connectivity index (χ0) is 29.4. The van der Waals surface area contributed by atoms with E-state index >= 15 is 0 Å². The molecule has 0 amide bonds. The summed E-state index contributed by atoms with van der Waals surface area (Å²) in [6, 6.07) is 29.2. The Balaban J connectivity index is 1.33. The number of carbonyl (C=O) groups excluding carboxylic acids is 3. The van der Waals surface area contributed by atoms with Crippen molar-refractivity contribution >= 4 is 17.7 Å². The van der Waals surface area contributed by atoms with Gasteiger partial charge in [-0.3, -0.25) is 4.79 Å². The molecule has 0 N–H and O–H groups in total. The largest absolute Gasteiger partial charge is 0.490 e. The molecule has 0 aliphatic heterocycles. The van der Waals surface area contributed by atoms with Gasteiger partial charge in [0.2, 0.25) is 0 Å². The zero-order valence-electron chi connectivity index (χ0n) is 23.0. The molecule has 4 aromatic carbocycles. The summed E-state index contributed by atoms with van der Waals surface area (Å²) in [7, 11) is 0. The molecule has 0 bridgehead atoms. The highest BCUT2D eigenvalue weighted by molar-refractivity contribution is 6.08. The fourth-order valence-electron chi connectivity index (χ4n) is 3.98. The first-order valence-corrected chi connectivity index (χ1v) is 13.0. The van der Waals surface area contributed by atoms with E-state index in [2.05, 4.69) is 13.2 Å². The molecule has 4 rings (SSSR count). The van der Waals surface area contributed by atoms with Gasteiger partial charge >= 0.3 is 11.9 Å². The van der Waals surface area contributed by atoms with Crippen LogP contribution in [0, 0.1) is 0 Å². The third-order valence-corrected chi connectivity index (χ3v) is 6.21. The van der Waals surface area contributed by atoms with Gasteiger partial charge in [0.05, 0.1) is 5.56 Å². The van der Waals surface area contributed by atoms with E-state index in [0.29, 0.717) is 28.2 Å². The van der Waals surface area contributed by atoms with Crippen LogP contribution in [0.4, 0.5) is 0 Å². The second-order valence-corrected chi connectivity index (χ2v) is 9.47. The number of esters is 2. The molecule has 0 saturated carbocycles. The van der Waals surface area contributed by atoms with Gasteiger partial charge in [-0.25, -0.2) is 9.59 Å². The van der Waals surface area contributed by atoms with Crippen LogP contribution in [-0.2, 0) is 9.53 Å². The third kappa shape index (κ3) is 7.67. The monoisotopic (exact) mass is 546 g/mol. The van der Waals surface area contributed by atoms with Crippen LogP contribution >= 0.6 is 0 Å². The van der Waals surface area contributed by atoms with Crippen LogP contribution in [0.25, 0.3) is 22.3 Å². The molecule has 0 aliphatic rings. The summed E-state index contributed by atoms with van der Waals surface area (Å²) in [4.78, 5) is 36.0. The molecule has 0 fully saturated rings. The molecule has 4 aromatic rings. The topological polar surface area (TPSA) is 78.9 Å². The number of Topliss-reactive ketones (excluding diaryl/α,β-unsaturated/α-hetero) is 1. The fraction of sp³-hybridized carbons (Fsp3) is 0.114. The van der Waals surface area contributed by atoms with Gasteiger partial charge < -0.3 is 14.2 Å². The predicted molar refractivity (Wildman–Crippen MR) is 159 cm³/mol. The maximum absolute atomic E-state index is 12.7. The van der Waals surface area contributed by atoms with Gasteiger partial charge in [-0.2, -0.15) is 0 Å². The molecule has 0 spiro atoms. The summed E-state index contributed by atoms with van der Waals surface area (Å²) in [6.07, 6.45) is 0.717. The van der Waals surface area contributed by atoms with Gasteiger partial charge in [-0.15, -0.1) is 0 Å². The molecule has 0 aliphatic carbocycles. The summed E-state index contributed by atoms with van der Waals surface area (Å²) in [5, 5.41) is 0. The van der Waals surface area contributed by atoms with E-state index in [1.165, 1.54) is 0 Å². The Morgan fingerprint density at radius 1 is 0.707 bits per heavy atom. The Bertz CT molecular complexity index is 1550. The zero-order valence-corrected chi connectivity index (χ0v) is 23.0. The van der Waals surface area contributed by atoms with Gasteiger partial charge in [0.1, 0.15) is 24.2 Å². The van der Waals surface area contributed by atoms with Crippen LogP contribution in [0.15, 0.2) is 122 Å². The first kappa shape index (κ1) is 28.8. The highest BCUT2D eigenvalue weighted by Gasteiger charge is 2.11. The lowest BCUT2D eigenvalue weighted by atomic mass is 10.0. The average Bonchev–Trinajstić information content (AvgIpc) is 3.00. The van der Waals surface area contributed by atoms with Crippen LogP contribution < -0.4 is 9.47 Å². The smallest absolute Gasteiger partial charge is 0.343 e. The summed E-state index contributed by atoms with van der Waals surface area (Å²) < 4.78 is 16.3. The summed E-state index contributed by atoms with van der Waals surface area (Å²) in [5.41, 5.74) is 5.29. The Morgan fingerprint density at radius 2 is 1.15 bits per heavy atom. The summed E-state index contributed by atoms with van der Waals surface area (Å²) >= 11 is 0. The Kier molecular flexibility index (Phi) is 9.28. The third-order valence-electron chi connectivity index (χ3n) is 6.21. The molecular weight excluding hydrogens is 516 g/mol. The molecule has 6 heteroatoms. The minimum absolute atomic E-state index is 0.0773. The Morgan fingerprint density at radius 3 is 1.61 bits per heavy atom.